The van der Waals surface area contributed by atoms with Gasteiger partial charge in [0.15, 0.2) is 0 Å². The normalized spacial score (nSPS) is 11.6. The van der Waals surface area contributed by atoms with Gasteiger partial charge < -0.3 is 15.6 Å². The van der Waals surface area contributed by atoms with E-state index >= 15 is 0 Å². The quantitative estimate of drug-likeness (QED) is 0.295. The van der Waals surface area contributed by atoms with Crippen LogP contribution >= 0.6 is 0 Å². The van der Waals surface area contributed by atoms with Gasteiger partial charge in [-0.25, -0.2) is 14.6 Å². The average Bonchev–Trinajstić information content (AvgIpc) is 3.49. The van der Waals surface area contributed by atoms with Crippen LogP contribution in [0.15, 0.2) is 79.4 Å². The molecule has 0 aliphatic carbocycles. The fraction of sp³-hybridized carbons (Fsp3) is 0.111. The molecular formula is C27H22F3N7O. The first-order chi connectivity index (χ1) is 18.0. The summed E-state index contributed by atoms with van der Waals surface area (Å²) in [6.07, 6.45) is -1.35. The Bertz CT molecular complexity index is 1680. The molecule has 0 spiro atoms. The zero-order valence-corrected chi connectivity index (χ0v) is 20.4. The van der Waals surface area contributed by atoms with Crippen molar-refractivity contribution in [1.29, 1.82) is 0 Å². The summed E-state index contributed by atoms with van der Waals surface area (Å²) in [5, 5.41) is 7.28. The molecule has 3 heterocycles. The van der Waals surface area contributed by atoms with Crippen LogP contribution < -0.4 is 11.1 Å². The van der Waals surface area contributed by atoms with E-state index in [0.717, 1.165) is 34.8 Å². The van der Waals surface area contributed by atoms with Gasteiger partial charge in [-0.3, -0.25) is 4.79 Å². The minimum absolute atomic E-state index is 0.272. The highest BCUT2D eigenvalue weighted by Crippen LogP contribution is 2.42. The largest absolute Gasteiger partial charge is 0.419 e. The predicted molar refractivity (Wildman–Crippen MR) is 139 cm³/mol. The molecule has 1 amide bonds. The lowest BCUT2D eigenvalue weighted by Crippen LogP contribution is -2.11. The topological polar surface area (TPSA) is 104 Å². The Morgan fingerprint density at radius 3 is 2.29 bits per heavy atom. The average molecular weight is 518 g/mol. The molecule has 0 saturated carbocycles. The van der Waals surface area contributed by atoms with Crippen LogP contribution in [0.1, 0.15) is 12.5 Å². The zero-order valence-electron chi connectivity index (χ0n) is 20.4. The molecule has 0 saturated heterocycles. The van der Waals surface area contributed by atoms with E-state index in [0.29, 0.717) is 33.8 Å². The van der Waals surface area contributed by atoms with E-state index in [1.807, 2.05) is 23.7 Å². The van der Waals surface area contributed by atoms with Gasteiger partial charge in [-0.15, -0.1) is 0 Å². The second kappa shape index (κ2) is 9.18. The summed E-state index contributed by atoms with van der Waals surface area (Å²) in [5.41, 5.74) is 10.7. The maximum atomic E-state index is 13.0. The van der Waals surface area contributed by atoms with Crippen LogP contribution in [0.25, 0.3) is 39.1 Å². The van der Waals surface area contributed by atoms with Gasteiger partial charge in [0, 0.05) is 30.1 Å². The van der Waals surface area contributed by atoms with Crippen LogP contribution in [-0.2, 0) is 18.0 Å². The smallest absolute Gasteiger partial charge is 0.383 e. The molecule has 3 aromatic heterocycles. The summed E-state index contributed by atoms with van der Waals surface area (Å²) >= 11 is 0. The van der Waals surface area contributed by atoms with E-state index in [2.05, 4.69) is 27.0 Å². The maximum Gasteiger partial charge on any atom is 0.419 e. The number of nitrogen functional groups attached to an aromatic ring is 1. The van der Waals surface area contributed by atoms with Crippen molar-refractivity contribution >= 4 is 28.4 Å². The molecule has 5 rings (SSSR count). The van der Waals surface area contributed by atoms with Gasteiger partial charge >= 0.3 is 6.18 Å². The van der Waals surface area contributed by atoms with E-state index in [1.165, 1.54) is 11.0 Å². The molecule has 11 heteroatoms. The number of fused-ring (bicyclic) bond motifs is 1. The van der Waals surface area contributed by atoms with Crippen molar-refractivity contribution in [3.8, 4) is 28.1 Å². The summed E-state index contributed by atoms with van der Waals surface area (Å²) in [4.78, 5) is 20.6. The Labute approximate surface area is 215 Å². The second-order valence-corrected chi connectivity index (χ2v) is 8.77. The van der Waals surface area contributed by atoms with Gasteiger partial charge in [-0.1, -0.05) is 30.8 Å². The summed E-state index contributed by atoms with van der Waals surface area (Å²) in [7, 11) is 1.86. The number of hydrogen-bond acceptors (Lipinski definition) is 5. The van der Waals surface area contributed by atoms with Crippen LogP contribution in [0.4, 0.5) is 24.7 Å². The van der Waals surface area contributed by atoms with Crippen molar-refractivity contribution in [2.45, 2.75) is 13.1 Å². The highest BCUT2D eigenvalue weighted by molar-refractivity contribution is 6.08. The number of anilines is 2. The van der Waals surface area contributed by atoms with E-state index in [4.69, 9.17) is 5.73 Å². The standard InChI is InChI=1S/C27H22F3N7O/c1-15(2)26(38)35-19-8-4-17(5-9-19)23-21(22-24(31)32-14-33-25(22)36(23)3)16-6-10-20(11-7-16)37-13-18(12-34-37)27(28,29)30/h4-14H,1H2,2-3H3,(H,35,38)(H2,31,32,33). The number of aromatic nitrogens is 5. The Morgan fingerprint density at radius 1 is 1.03 bits per heavy atom. The zero-order chi connectivity index (χ0) is 27.2. The first-order valence-corrected chi connectivity index (χ1v) is 11.4. The number of aryl methyl sites for hydroxylation is 1. The first kappa shape index (κ1) is 24.8. The summed E-state index contributed by atoms with van der Waals surface area (Å²) in [6, 6.07) is 14.2. The van der Waals surface area contributed by atoms with Crippen LogP contribution in [0.5, 0.6) is 0 Å². The fourth-order valence-electron chi connectivity index (χ4n) is 4.24. The SMILES string of the molecule is C=C(C)C(=O)Nc1ccc(-c2c(-c3ccc(-n4cc(C(F)(F)F)cn4)cc3)c3c(N)ncnc3n2C)cc1. The van der Waals surface area contributed by atoms with Gasteiger partial charge in [0.2, 0.25) is 0 Å². The van der Waals surface area contributed by atoms with Crippen LogP contribution in [0, 0.1) is 0 Å². The minimum atomic E-state index is -4.48. The van der Waals surface area contributed by atoms with Gasteiger partial charge in [0.1, 0.15) is 17.8 Å². The lowest BCUT2D eigenvalue weighted by atomic mass is 9.98. The van der Waals surface area contributed by atoms with Gasteiger partial charge in [-0.2, -0.15) is 18.3 Å². The van der Waals surface area contributed by atoms with Crippen LogP contribution in [-0.4, -0.2) is 30.2 Å². The number of carbonyl (C=O) groups is 1. The third-order valence-corrected chi connectivity index (χ3v) is 6.13. The molecular weight excluding hydrogens is 495 g/mol. The third kappa shape index (κ3) is 4.38. The molecule has 3 N–H and O–H groups in total. The second-order valence-electron chi connectivity index (χ2n) is 8.77. The lowest BCUT2D eigenvalue weighted by Gasteiger charge is -2.11. The van der Waals surface area contributed by atoms with Crippen molar-refractivity contribution < 1.29 is 18.0 Å². The molecule has 0 radical (unpaired) electrons. The molecule has 0 aliphatic rings. The number of nitrogens with two attached hydrogens (primary N) is 1. The predicted octanol–water partition coefficient (Wildman–Crippen LogP) is 5.60. The molecule has 38 heavy (non-hydrogen) atoms. The molecule has 0 aliphatic heterocycles. The molecule has 0 unspecified atom stereocenters. The number of benzene rings is 2. The summed E-state index contributed by atoms with van der Waals surface area (Å²) in [6.45, 7) is 5.28. The number of amides is 1. The number of rotatable bonds is 5. The molecule has 0 fully saturated rings. The summed E-state index contributed by atoms with van der Waals surface area (Å²) in [5.74, 6) is 0.0221. The molecule has 0 bridgehead atoms. The highest BCUT2D eigenvalue weighted by Gasteiger charge is 2.32. The number of alkyl halides is 3. The lowest BCUT2D eigenvalue weighted by molar-refractivity contribution is -0.137. The highest BCUT2D eigenvalue weighted by atomic mass is 19.4. The third-order valence-electron chi connectivity index (χ3n) is 6.13. The number of nitrogens with zero attached hydrogens (tertiary/aromatic N) is 5. The Balaban J connectivity index is 1.60. The van der Waals surface area contributed by atoms with E-state index in [1.54, 1.807) is 43.3 Å². The van der Waals surface area contributed by atoms with E-state index in [-0.39, 0.29) is 5.91 Å². The van der Waals surface area contributed by atoms with Gasteiger partial charge in [0.05, 0.1) is 28.5 Å². The first-order valence-electron chi connectivity index (χ1n) is 11.4. The number of halogens is 3. The molecule has 192 valence electrons. The number of hydrogen-bond donors (Lipinski definition) is 2. The molecule has 0 atom stereocenters. The monoisotopic (exact) mass is 517 g/mol. The van der Waals surface area contributed by atoms with Crippen molar-refractivity contribution in [2.75, 3.05) is 11.1 Å². The van der Waals surface area contributed by atoms with Crippen molar-refractivity contribution in [2.24, 2.45) is 7.05 Å². The fourth-order valence-corrected chi connectivity index (χ4v) is 4.24. The van der Waals surface area contributed by atoms with Crippen LogP contribution in [0.3, 0.4) is 0 Å². The van der Waals surface area contributed by atoms with Crippen molar-refractivity contribution in [3.63, 3.8) is 0 Å². The van der Waals surface area contributed by atoms with Gasteiger partial charge in [0.25, 0.3) is 5.91 Å². The van der Waals surface area contributed by atoms with Crippen LogP contribution in [0.2, 0.25) is 0 Å². The van der Waals surface area contributed by atoms with Crippen molar-refractivity contribution in [3.05, 3.63) is 85.0 Å². The Morgan fingerprint density at radius 2 is 1.68 bits per heavy atom. The molecule has 8 nitrogen and oxygen atoms in total. The maximum absolute atomic E-state index is 13.0. The molecule has 2 aromatic carbocycles. The van der Waals surface area contributed by atoms with E-state index < -0.39 is 11.7 Å². The Kier molecular flexibility index (Phi) is 5.98. The number of nitrogens with one attached hydrogen (secondary N) is 1. The van der Waals surface area contributed by atoms with Gasteiger partial charge in [-0.05, 0) is 42.3 Å². The summed E-state index contributed by atoms with van der Waals surface area (Å²) < 4.78 is 42.1. The van der Waals surface area contributed by atoms with Crippen molar-refractivity contribution in [1.82, 2.24) is 24.3 Å². The number of carbonyl (C=O) groups excluding carboxylic acids is 1. The van der Waals surface area contributed by atoms with E-state index in [9.17, 15) is 18.0 Å². The Hall–Kier alpha value is -4.93. The molecule has 5 aromatic rings. The minimum Gasteiger partial charge on any atom is -0.383 e.